The minimum Gasteiger partial charge on any atom is -0.451 e. The molecule has 1 aromatic heterocycles. The number of carbonyl (C=O) groups is 1. The molecule has 2 aromatic rings. The molecule has 1 aromatic carbocycles. The zero-order valence-electron chi connectivity index (χ0n) is 16.2. The highest BCUT2D eigenvalue weighted by molar-refractivity contribution is 5.92. The molecule has 0 aliphatic carbocycles. The van der Waals surface area contributed by atoms with Crippen molar-refractivity contribution in [2.24, 2.45) is 5.92 Å². The van der Waals surface area contributed by atoms with E-state index in [1.165, 1.54) is 5.56 Å². The molecule has 2 heterocycles. The SMILES string of the molecule is CC(O)C1CCN(C(=O)c2ccc(-c3ccc(C(C)(C)C)cc3)o2)CC1. The van der Waals surface area contributed by atoms with Crippen molar-refractivity contribution in [3.63, 3.8) is 0 Å². The van der Waals surface area contributed by atoms with Gasteiger partial charge >= 0.3 is 0 Å². The van der Waals surface area contributed by atoms with Crippen LogP contribution >= 0.6 is 0 Å². The summed E-state index contributed by atoms with van der Waals surface area (Å²) in [7, 11) is 0. The summed E-state index contributed by atoms with van der Waals surface area (Å²) in [6.07, 6.45) is 1.37. The van der Waals surface area contributed by atoms with E-state index in [0.717, 1.165) is 18.4 Å². The van der Waals surface area contributed by atoms with E-state index in [1.54, 1.807) is 6.07 Å². The van der Waals surface area contributed by atoms with Crippen molar-refractivity contribution in [3.8, 4) is 11.3 Å². The van der Waals surface area contributed by atoms with Crippen LogP contribution in [0.5, 0.6) is 0 Å². The molecule has 0 radical (unpaired) electrons. The van der Waals surface area contributed by atoms with Gasteiger partial charge in [-0.25, -0.2) is 0 Å². The third-order valence-electron chi connectivity index (χ3n) is 5.36. The van der Waals surface area contributed by atoms with Crippen molar-refractivity contribution in [2.45, 2.75) is 52.1 Å². The monoisotopic (exact) mass is 355 g/mol. The lowest BCUT2D eigenvalue weighted by Crippen LogP contribution is -2.40. The molecule has 1 atom stereocenters. The van der Waals surface area contributed by atoms with Crippen LogP contribution in [-0.4, -0.2) is 35.1 Å². The molecule has 0 spiro atoms. The van der Waals surface area contributed by atoms with E-state index in [4.69, 9.17) is 4.42 Å². The highest BCUT2D eigenvalue weighted by Crippen LogP contribution is 2.28. The second-order valence-electron chi connectivity index (χ2n) is 8.36. The summed E-state index contributed by atoms with van der Waals surface area (Å²) in [6, 6.07) is 11.9. The number of benzene rings is 1. The lowest BCUT2D eigenvalue weighted by molar-refractivity contribution is 0.0499. The molecule has 1 N–H and O–H groups in total. The van der Waals surface area contributed by atoms with Crippen molar-refractivity contribution in [2.75, 3.05) is 13.1 Å². The van der Waals surface area contributed by atoms with Crippen LogP contribution in [-0.2, 0) is 5.41 Å². The maximum absolute atomic E-state index is 12.7. The van der Waals surface area contributed by atoms with Crippen LogP contribution < -0.4 is 0 Å². The number of amides is 1. The Bertz CT molecular complexity index is 744. The quantitative estimate of drug-likeness (QED) is 0.883. The van der Waals surface area contributed by atoms with Gasteiger partial charge in [-0.05, 0) is 48.8 Å². The smallest absolute Gasteiger partial charge is 0.289 e. The Hall–Kier alpha value is -2.07. The summed E-state index contributed by atoms with van der Waals surface area (Å²) in [4.78, 5) is 14.5. The van der Waals surface area contributed by atoms with Gasteiger partial charge in [0.2, 0.25) is 0 Å². The minimum atomic E-state index is -0.307. The third kappa shape index (κ3) is 4.01. The summed E-state index contributed by atoms with van der Waals surface area (Å²) >= 11 is 0. The van der Waals surface area contributed by atoms with Gasteiger partial charge in [-0.1, -0.05) is 45.0 Å². The zero-order chi connectivity index (χ0) is 18.9. The van der Waals surface area contributed by atoms with Gasteiger partial charge in [-0.2, -0.15) is 0 Å². The van der Waals surface area contributed by atoms with Gasteiger partial charge in [0.15, 0.2) is 5.76 Å². The second kappa shape index (κ2) is 7.28. The maximum Gasteiger partial charge on any atom is 0.289 e. The lowest BCUT2D eigenvalue weighted by atomic mass is 9.86. The summed E-state index contributed by atoms with van der Waals surface area (Å²) in [5, 5.41) is 9.70. The molecule has 1 amide bonds. The van der Waals surface area contributed by atoms with Crippen LogP contribution in [0, 0.1) is 5.92 Å². The first-order valence-electron chi connectivity index (χ1n) is 9.44. The molecule has 140 valence electrons. The van der Waals surface area contributed by atoms with E-state index in [1.807, 2.05) is 30.0 Å². The Morgan fingerprint density at radius 3 is 2.27 bits per heavy atom. The number of likely N-dealkylation sites (tertiary alicyclic amines) is 1. The molecule has 26 heavy (non-hydrogen) atoms. The van der Waals surface area contributed by atoms with E-state index in [-0.39, 0.29) is 23.3 Å². The van der Waals surface area contributed by atoms with Crippen LogP contribution in [0.15, 0.2) is 40.8 Å². The Morgan fingerprint density at radius 1 is 1.12 bits per heavy atom. The minimum absolute atomic E-state index is 0.0633. The molecule has 0 bridgehead atoms. The van der Waals surface area contributed by atoms with E-state index < -0.39 is 0 Å². The molecule has 0 saturated carbocycles. The molecule has 1 aliphatic rings. The van der Waals surface area contributed by atoms with Gasteiger partial charge in [0.05, 0.1) is 6.10 Å². The molecular weight excluding hydrogens is 326 g/mol. The van der Waals surface area contributed by atoms with Crippen LogP contribution in [0.4, 0.5) is 0 Å². The predicted octanol–water partition coefficient (Wildman–Crippen LogP) is 4.48. The first-order chi connectivity index (χ1) is 12.3. The Kier molecular flexibility index (Phi) is 5.24. The van der Waals surface area contributed by atoms with Crippen LogP contribution in [0.3, 0.4) is 0 Å². The van der Waals surface area contributed by atoms with Gasteiger partial charge in [0.25, 0.3) is 5.91 Å². The molecule has 4 heteroatoms. The number of piperidine rings is 1. The molecule has 1 unspecified atom stereocenters. The van der Waals surface area contributed by atoms with Gasteiger partial charge in [0, 0.05) is 18.7 Å². The van der Waals surface area contributed by atoms with Crippen molar-refractivity contribution in [1.82, 2.24) is 4.90 Å². The van der Waals surface area contributed by atoms with Crippen molar-refractivity contribution < 1.29 is 14.3 Å². The fourth-order valence-corrected chi connectivity index (χ4v) is 3.48. The van der Waals surface area contributed by atoms with Crippen molar-refractivity contribution >= 4 is 5.91 Å². The average molecular weight is 355 g/mol. The summed E-state index contributed by atoms with van der Waals surface area (Å²) in [5.41, 5.74) is 2.36. The largest absolute Gasteiger partial charge is 0.451 e. The Labute approximate surface area is 155 Å². The molecule has 1 fully saturated rings. The predicted molar refractivity (Wildman–Crippen MR) is 103 cm³/mol. The molecule has 4 nitrogen and oxygen atoms in total. The first kappa shape index (κ1) is 18.7. The number of furan rings is 1. The number of aliphatic hydroxyl groups excluding tert-OH is 1. The molecule has 3 rings (SSSR count). The number of nitrogens with zero attached hydrogens (tertiary/aromatic N) is 1. The third-order valence-corrected chi connectivity index (χ3v) is 5.36. The highest BCUT2D eigenvalue weighted by Gasteiger charge is 2.27. The Morgan fingerprint density at radius 2 is 1.73 bits per heavy atom. The van der Waals surface area contributed by atoms with Crippen LogP contribution in [0.1, 0.15) is 56.7 Å². The molecule has 1 aliphatic heterocycles. The number of hydrogen-bond acceptors (Lipinski definition) is 3. The number of hydrogen-bond donors (Lipinski definition) is 1. The van der Waals surface area contributed by atoms with E-state index in [2.05, 4.69) is 32.9 Å². The second-order valence-corrected chi connectivity index (χ2v) is 8.36. The molecular formula is C22H29NO3. The number of aliphatic hydroxyl groups is 1. The van der Waals surface area contributed by atoms with Gasteiger partial charge < -0.3 is 14.4 Å². The number of carbonyl (C=O) groups excluding carboxylic acids is 1. The molecule has 1 saturated heterocycles. The first-order valence-corrected chi connectivity index (χ1v) is 9.44. The van der Waals surface area contributed by atoms with Gasteiger partial charge in [-0.15, -0.1) is 0 Å². The van der Waals surface area contributed by atoms with Crippen LogP contribution in [0.25, 0.3) is 11.3 Å². The van der Waals surface area contributed by atoms with E-state index in [0.29, 0.717) is 24.6 Å². The van der Waals surface area contributed by atoms with Crippen LogP contribution in [0.2, 0.25) is 0 Å². The van der Waals surface area contributed by atoms with Crippen molar-refractivity contribution in [1.29, 1.82) is 0 Å². The normalized spacial score (nSPS) is 17.3. The maximum atomic E-state index is 12.7. The average Bonchev–Trinajstić information content (AvgIpc) is 3.10. The zero-order valence-corrected chi connectivity index (χ0v) is 16.2. The van der Waals surface area contributed by atoms with Gasteiger partial charge in [0.1, 0.15) is 5.76 Å². The van der Waals surface area contributed by atoms with Gasteiger partial charge in [-0.3, -0.25) is 4.79 Å². The Balaban J connectivity index is 1.69. The van der Waals surface area contributed by atoms with E-state index in [9.17, 15) is 9.90 Å². The topological polar surface area (TPSA) is 53.7 Å². The highest BCUT2D eigenvalue weighted by atomic mass is 16.4. The summed E-state index contributed by atoms with van der Waals surface area (Å²) < 4.78 is 5.84. The van der Waals surface area contributed by atoms with E-state index >= 15 is 0 Å². The van der Waals surface area contributed by atoms with Crippen molar-refractivity contribution in [3.05, 3.63) is 47.7 Å². The summed E-state index contributed by atoms with van der Waals surface area (Å²) in [5.74, 6) is 1.32. The number of rotatable bonds is 3. The lowest BCUT2D eigenvalue weighted by Gasteiger charge is -2.32. The standard InChI is InChI=1S/C22H29NO3/c1-15(24)16-11-13-23(14-12-16)21(25)20-10-9-19(26-20)17-5-7-18(8-6-17)22(2,3)4/h5-10,15-16,24H,11-14H2,1-4H3. The fourth-order valence-electron chi connectivity index (χ4n) is 3.48. The summed E-state index contributed by atoms with van der Waals surface area (Å²) in [6.45, 7) is 9.73. The fraction of sp³-hybridized carbons (Fsp3) is 0.500.